The van der Waals surface area contributed by atoms with E-state index in [9.17, 15) is 0 Å². The molecule has 0 aliphatic rings. The van der Waals surface area contributed by atoms with Crippen molar-refractivity contribution in [2.24, 2.45) is 5.73 Å². The summed E-state index contributed by atoms with van der Waals surface area (Å²) < 4.78 is 6.06. The molecule has 106 valence electrons. The van der Waals surface area contributed by atoms with Crippen molar-refractivity contribution in [1.82, 2.24) is 0 Å². The zero-order valence-corrected chi connectivity index (χ0v) is 12.6. The van der Waals surface area contributed by atoms with E-state index < -0.39 is 0 Å². The average Bonchev–Trinajstić information content (AvgIpc) is 2.45. The third-order valence-corrected chi connectivity index (χ3v) is 3.56. The van der Waals surface area contributed by atoms with E-state index in [4.69, 9.17) is 22.1 Å². The molecule has 2 rings (SSSR count). The molecule has 0 aromatic heterocycles. The van der Waals surface area contributed by atoms with Crippen LogP contribution in [-0.2, 0) is 0 Å². The zero-order chi connectivity index (χ0) is 14.5. The first-order valence-corrected chi connectivity index (χ1v) is 7.22. The zero-order valence-electron chi connectivity index (χ0n) is 11.8. The fourth-order valence-corrected chi connectivity index (χ4v) is 2.24. The number of ether oxygens (including phenoxy) is 1. The minimum atomic E-state index is -0.168. The van der Waals surface area contributed by atoms with E-state index in [0.717, 1.165) is 17.7 Å². The Morgan fingerprint density at radius 2 is 1.85 bits per heavy atom. The normalized spacial score (nSPS) is 13.8. The quantitative estimate of drug-likeness (QED) is 0.879. The summed E-state index contributed by atoms with van der Waals surface area (Å²) in [6, 6.07) is 15.6. The van der Waals surface area contributed by atoms with Crippen LogP contribution in [0, 0.1) is 6.92 Å². The van der Waals surface area contributed by atoms with Crippen LogP contribution in [0.1, 0.15) is 30.6 Å². The molecule has 2 aromatic carbocycles. The Kier molecular flexibility index (Phi) is 5.05. The Labute approximate surface area is 125 Å². The van der Waals surface area contributed by atoms with Gasteiger partial charge in [-0.25, -0.2) is 0 Å². The number of nitrogens with two attached hydrogens (primary N) is 1. The highest BCUT2D eigenvalue weighted by Crippen LogP contribution is 2.27. The fourth-order valence-electron chi connectivity index (χ4n) is 2.06. The second-order valence-corrected chi connectivity index (χ2v) is 5.42. The molecule has 0 spiro atoms. The van der Waals surface area contributed by atoms with Crippen LogP contribution < -0.4 is 10.5 Å². The first-order chi connectivity index (χ1) is 9.60. The van der Waals surface area contributed by atoms with Crippen molar-refractivity contribution < 1.29 is 4.74 Å². The molecule has 2 aromatic rings. The lowest BCUT2D eigenvalue weighted by molar-refractivity contribution is 0.171. The summed E-state index contributed by atoms with van der Waals surface area (Å²) in [5.41, 5.74) is 8.53. The van der Waals surface area contributed by atoms with Gasteiger partial charge in [0.05, 0.1) is 0 Å². The fraction of sp³-hybridized carbons (Fsp3) is 0.294. The van der Waals surface area contributed by atoms with Crippen molar-refractivity contribution in [2.45, 2.75) is 32.4 Å². The second kappa shape index (κ2) is 6.78. The maximum absolute atomic E-state index is 6.22. The van der Waals surface area contributed by atoms with Crippen molar-refractivity contribution >= 4 is 11.6 Å². The lowest BCUT2D eigenvalue weighted by Crippen LogP contribution is -2.31. The minimum absolute atomic E-state index is 0.0586. The van der Waals surface area contributed by atoms with Gasteiger partial charge in [0, 0.05) is 11.1 Å². The molecule has 2 N–H and O–H groups in total. The van der Waals surface area contributed by atoms with Gasteiger partial charge in [-0.2, -0.15) is 0 Å². The summed E-state index contributed by atoms with van der Waals surface area (Å²) in [4.78, 5) is 0. The molecule has 2 unspecified atom stereocenters. The van der Waals surface area contributed by atoms with Gasteiger partial charge in [0.25, 0.3) is 0 Å². The van der Waals surface area contributed by atoms with Gasteiger partial charge in [-0.1, -0.05) is 54.4 Å². The topological polar surface area (TPSA) is 35.2 Å². The molecule has 3 heteroatoms. The number of halogens is 1. The molecule has 2 nitrogen and oxygen atoms in total. The van der Waals surface area contributed by atoms with Crippen LogP contribution in [0.4, 0.5) is 0 Å². The summed E-state index contributed by atoms with van der Waals surface area (Å²) in [7, 11) is 0. The number of hydrogen-bond acceptors (Lipinski definition) is 2. The molecular formula is C17H20ClNO. The highest BCUT2D eigenvalue weighted by molar-refractivity contribution is 6.30. The van der Waals surface area contributed by atoms with E-state index in [1.165, 1.54) is 5.56 Å². The first kappa shape index (κ1) is 14.9. The predicted molar refractivity (Wildman–Crippen MR) is 84.3 cm³/mol. The largest absolute Gasteiger partial charge is 0.484 e. The summed E-state index contributed by atoms with van der Waals surface area (Å²) in [5, 5.41) is 0.662. The average molecular weight is 290 g/mol. The molecular weight excluding hydrogens is 270 g/mol. The molecule has 0 aliphatic carbocycles. The monoisotopic (exact) mass is 289 g/mol. The Morgan fingerprint density at radius 3 is 2.45 bits per heavy atom. The van der Waals surface area contributed by atoms with Crippen LogP contribution in [0.25, 0.3) is 0 Å². The smallest absolute Gasteiger partial charge is 0.139 e. The van der Waals surface area contributed by atoms with Crippen LogP contribution >= 0.6 is 11.6 Å². The molecule has 0 saturated heterocycles. The van der Waals surface area contributed by atoms with E-state index in [0.29, 0.717) is 5.02 Å². The molecule has 2 atom stereocenters. The van der Waals surface area contributed by atoms with Gasteiger partial charge in [0.2, 0.25) is 0 Å². The Hall–Kier alpha value is -1.51. The van der Waals surface area contributed by atoms with E-state index >= 15 is 0 Å². The van der Waals surface area contributed by atoms with Gasteiger partial charge in [0.15, 0.2) is 0 Å². The highest BCUT2D eigenvalue weighted by Gasteiger charge is 2.20. The molecule has 20 heavy (non-hydrogen) atoms. The predicted octanol–water partition coefficient (Wildman–Crippen LogP) is 4.51. The standard InChI is InChI=1S/C17H20ClNO/c1-3-16(19)17(13-9-7-12(2)8-10-13)20-15-6-4-5-14(18)11-15/h4-11,16-17H,3,19H2,1-2H3. The summed E-state index contributed by atoms with van der Waals surface area (Å²) in [6.45, 7) is 4.13. The second-order valence-electron chi connectivity index (χ2n) is 4.98. The van der Waals surface area contributed by atoms with Crippen molar-refractivity contribution in [3.05, 3.63) is 64.7 Å². The van der Waals surface area contributed by atoms with Gasteiger partial charge in [0.1, 0.15) is 11.9 Å². The lowest BCUT2D eigenvalue weighted by atomic mass is 10.00. The number of rotatable bonds is 5. The number of benzene rings is 2. The van der Waals surface area contributed by atoms with Crippen molar-refractivity contribution in [1.29, 1.82) is 0 Å². The Morgan fingerprint density at radius 1 is 1.15 bits per heavy atom. The Bertz CT molecular complexity index is 553. The third-order valence-electron chi connectivity index (χ3n) is 3.33. The molecule has 0 bridgehead atoms. The Balaban J connectivity index is 2.26. The molecule has 0 heterocycles. The van der Waals surface area contributed by atoms with E-state index in [2.05, 4.69) is 38.1 Å². The van der Waals surface area contributed by atoms with E-state index in [1.54, 1.807) is 0 Å². The maximum Gasteiger partial charge on any atom is 0.139 e. The minimum Gasteiger partial charge on any atom is -0.484 e. The van der Waals surface area contributed by atoms with Crippen LogP contribution in [0.5, 0.6) is 5.75 Å². The van der Waals surface area contributed by atoms with Crippen LogP contribution in [-0.4, -0.2) is 6.04 Å². The number of aryl methyl sites for hydroxylation is 1. The summed E-state index contributed by atoms with van der Waals surface area (Å²) >= 11 is 6.00. The van der Waals surface area contributed by atoms with Crippen LogP contribution in [0.2, 0.25) is 5.02 Å². The van der Waals surface area contributed by atoms with E-state index in [-0.39, 0.29) is 12.1 Å². The maximum atomic E-state index is 6.22. The van der Waals surface area contributed by atoms with E-state index in [1.807, 2.05) is 24.3 Å². The number of hydrogen-bond donors (Lipinski definition) is 1. The highest BCUT2D eigenvalue weighted by atomic mass is 35.5. The molecule has 0 fully saturated rings. The van der Waals surface area contributed by atoms with Gasteiger partial charge in [-0.15, -0.1) is 0 Å². The van der Waals surface area contributed by atoms with Gasteiger partial charge in [-0.05, 0) is 37.1 Å². The van der Waals surface area contributed by atoms with Crippen molar-refractivity contribution in [2.75, 3.05) is 0 Å². The summed E-state index contributed by atoms with van der Waals surface area (Å²) in [6.07, 6.45) is 0.679. The molecule has 0 amide bonds. The molecule has 0 saturated carbocycles. The molecule has 0 radical (unpaired) electrons. The summed E-state index contributed by atoms with van der Waals surface area (Å²) in [5.74, 6) is 0.743. The van der Waals surface area contributed by atoms with Gasteiger partial charge >= 0.3 is 0 Å². The van der Waals surface area contributed by atoms with Crippen LogP contribution in [0.3, 0.4) is 0 Å². The van der Waals surface area contributed by atoms with Crippen molar-refractivity contribution in [3.63, 3.8) is 0 Å². The van der Waals surface area contributed by atoms with Crippen LogP contribution in [0.15, 0.2) is 48.5 Å². The van der Waals surface area contributed by atoms with Crippen molar-refractivity contribution in [3.8, 4) is 5.75 Å². The third kappa shape index (κ3) is 3.75. The first-order valence-electron chi connectivity index (χ1n) is 6.84. The SMILES string of the molecule is CCC(N)C(Oc1cccc(Cl)c1)c1ccc(C)cc1. The van der Waals surface area contributed by atoms with Gasteiger partial charge < -0.3 is 10.5 Å². The lowest BCUT2D eigenvalue weighted by Gasteiger charge is -2.25. The molecule has 0 aliphatic heterocycles. The van der Waals surface area contributed by atoms with Gasteiger partial charge in [-0.3, -0.25) is 0 Å².